The van der Waals surface area contributed by atoms with Gasteiger partial charge in [0, 0.05) is 34.5 Å². The zero-order chi connectivity index (χ0) is 32.2. The van der Waals surface area contributed by atoms with Crippen LogP contribution in [0.3, 0.4) is 0 Å². The van der Waals surface area contributed by atoms with Crippen molar-refractivity contribution in [1.29, 1.82) is 0 Å². The van der Waals surface area contributed by atoms with Gasteiger partial charge in [0.1, 0.15) is 17.5 Å². The number of rotatable bonds is 7. The summed E-state index contributed by atoms with van der Waals surface area (Å²) < 4.78 is 30.6. The van der Waals surface area contributed by atoms with Gasteiger partial charge in [0.15, 0.2) is 0 Å². The van der Waals surface area contributed by atoms with Gasteiger partial charge in [-0.1, -0.05) is 35.9 Å². The number of carbonyl (C=O) groups is 3. The molecular formula is C31H31N5O7S. The summed E-state index contributed by atoms with van der Waals surface area (Å²) in [5, 5.41) is 19.0. The molecule has 1 heterocycles. The molecule has 1 aromatic heterocycles. The number of sulfonamides is 1. The van der Waals surface area contributed by atoms with E-state index in [2.05, 4.69) is 34.0 Å². The minimum absolute atomic E-state index is 0.00440. The number of aromatic amines is 1. The predicted octanol–water partition coefficient (Wildman–Crippen LogP) is 4.23. The average Bonchev–Trinajstić information content (AvgIpc) is 3.42. The molecule has 12 nitrogen and oxygen atoms in total. The predicted molar refractivity (Wildman–Crippen MR) is 168 cm³/mol. The van der Waals surface area contributed by atoms with E-state index >= 15 is 0 Å². The third kappa shape index (κ3) is 7.31. The van der Waals surface area contributed by atoms with Crippen molar-refractivity contribution in [2.45, 2.75) is 26.8 Å². The summed E-state index contributed by atoms with van der Waals surface area (Å²) in [6, 6.07) is 18.6. The molecule has 5 rings (SSSR count). The van der Waals surface area contributed by atoms with Crippen molar-refractivity contribution in [2.24, 2.45) is 5.73 Å². The highest BCUT2D eigenvalue weighted by atomic mass is 32.2. The molecule has 0 aliphatic heterocycles. The van der Waals surface area contributed by atoms with E-state index in [0.717, 1.165) is 11.8 Å². The molecule has 0 bridgehead atoms. The summed E-state index contributed by atoms with van der Waals surface area (Å²) >= 11 is 0. The number of esters is 1. The van der Waals surface area contributed by atoms with E-state index in [1.807, 2.05) is 12.3 Å². The maximum Gasteiger partial charge on any atom is 0.334 e. The number of anilines is 2. The van der Waals surface area contributed by atoms with Gasteiger partial charge in [0.05, 0.1) is 23.5 Å². The number of carbonyl (C=O) groups excluding carboxylic acids is 3. The number of nitrogens with two attached hydrogens (primary N) is 1. The molecule has 1 atom stereocenters. The number of fused-ring (bicyclic) bond motifs is 2. The molecule has 0 saturated carbocycles. The Labute approximate surface area is 253 Å². The first kappa shape index (κ1) is 31.5. The van der Waals surface area contributed by atoms with Gasteiger partial charge in [-0.05, 0) is 56.3 Å². The minimum Gasteiger partial charge on any atom is -0.506 e. The Bertz CT molecular complexity index is 1970. The van der Waals surface area contributed by atoms with Crippen molar-refractivity contribution in [3.63, 3.8) is 0 Å². The van der Waals surface area contributed by atoms with E-state index in [1.165, 1.54) is 60.0 Å². The Morgan fingerprint density at radius 3 is 2.30 bits per heavy atom. The Morgan fingerprint density at radius 2 is 1.68 bits per heavy atom. The van der Waals surface area contributed by atoms with Crippen molar-refractivity contribution >= 4 is 60.9 Å². The van der Waals surface area contributed by atoms with Crippen molar-refractivity contribution < 1.29 is 32.6 Å². The number of ether oxygens (including phenoxy) is 1. The van der Waals surface area contributed by atoms with Gasteiger partial charge in [-0.25, -0.2) is 13.2 Å². The van der Waals surface area contributed by atoms with E-state index < -0.39 is 33.8 Å². The van der Waals surface area contributed by atoms with E-state index in [9.17, 15) is 27.9 Å². The first-order valence-corrected chi connectivity index (χ1v) is 15.2. The van der Waals surface area contributed by atoms with Crippen molar-refractivity contribution in [3.05, 3.63) is 90.1 Å². The molecule has 0 saturated heterocycles. The monoisotopic (exact) mass is 617 g/mol. The van der Waals surface area contributed by atoms with Crippen LogP contribution in [0.2, 0.25) is 0 Å². The van der Waals surface area contributed by atoms with Crippen LogP contribution >= 0.6 is 0 Å². The minimum atomic E-state index is -3.48. The van der Waals surface area contributed by atoms with E-state index in [4.69, 9.17) is 10.5 Å². The van der Waals surface area contributed by atoms with Crippen LogP contribution in [0, 0.1) is 6.92 Å². The second-order valence-electron chi connectivity index (χ2n) is 10.0. The quantitative estimate of drug-likeness (QED) is 0.154. The van der Waals surface area contributed by atoms with Gasteiger partial charge >= 0.3 is 5.97 Å². The van der Waals surface area contributed by atoms with Crippen LogP contribution in [-0.2, 0) is 19.6 Å². The van der Waals surface area contributed by atoms with Gasteiger partial charge in [0.25, 0.3) is 5.91 Å². The summed E-state index contributed by atoms with van der Waals surface area (Å²) in [6.07, 6.45) is 2.85. The third-order valence-corrected chi connectivity index (χ3v) is 7.17. The number of H-pyrrole nitrogens is 1. The highest BCUT2D eigenvalue weighted by Crippen LogP contribution is 2.36. The fourth-order valence-corrected chi connectivity index (χ4v) is 5.11. The first-order valence-electron chi connectivity index (χ1n) is 13.3. The Kier molecular flexibility index (Phi) is 9.19. The SMILES string of the molecule is CC(=O)N(c1ccc(NS(C)(=O)=O)cc1)C(C)C(=O)Oc1cc(C(N)=O)c(O)c2ccccc12.Cc1ccc2[nH]ncc2c1. The van der Waals surface area contributed by atoms with Crippen molar-refractivity contribution in [1.82, 2.24) is 10.2 Å². The molecule has 13 heteroatoms. The first-order chi connectivity index (χ1) is 20.7. The molecule has 5 N–H and O–H groups in total. The van der Waals surface area contributed by atoms with E-state index in [-0.39, 0.29) is 22.4 Å². The number of primary amides is 1. The maximum atomic E-state index is 13.0. The molecule has 0 fully saturated rings. The lowest BCUT2D eigenvalue weighted by molar-refractivity contribution is -0.136. The highest BCUT2D eigenvalue weighted by molar-refractivity contribution is 7.92. The van der Waals surface area contributed by atoms with Crippen LogP contribution in [0.4, 0.5) is 11.4 Å². The number of hydrogen-bond donors (Lipinski definition) is 4. The smallest absolute Gasteiger partial charge is 0.334 e. The molecule has 228 valence electrons. The zero-order valence-electron chi connectivity index (χ0n) is 24.4. The van der Waals surface area contributed by atoms with E-state index in [1.54, 1.807) is 24.3 Å². The standard InChI is InChI=1S/C23H23N3O7S.C8H8N2/c1-13(26(14(2)27)16-10-8-15(9-11-16)25-34(3,31)32)23(30)33-20-12-19(22(24)29)21(28)18-7-5-4-6-17(18)20;1-6-2-3-8-7(4-6)5-9-10-8/h4-13,25,28H,1-3H3,(H2,24,29);2-5H,1H3,(H,9,10). The highest BCUT2D eigenvalue weighted by Gasteiger charge is 2.28. The van der Waals surface area contributed by atoms with Crippen molar-refractivity contribution in [2.75, 3.05) is 15.9 Å². The summed E-state index contributed by atoms with van der Waals surface area (Å²) in [7, 11) is -3.48. The van der Waals surface area contributed by atoms with Crippen LogP contribution in [0.25, 0.3) is 21.7 Å². The molecule has 2 amide bonds. The number of nitrogens with zero attached hydrogens (tertiary/aromatic N) is 2. The summed E-state index contributed by atoms with van der Waals surface area (Å²) in [4.78, 5) is 38.3. The normalized spacial score (nSPS) is 11.7. The van der Waals surface area contributed by atoms with E-state index in [0.29, 0.717) is 16.8 Å². The van der Waals surface area contributed by atoms with Crippen molar-refractivity contribution in [3.8, 4) is 11.5 Å². The second-order valence-corrected chi connectivity index (χ2v) is 11.8. The van der Waals surface area contributed by atoms with Crippen LogP contribution in [0.5, 0.6) is 11.5 Å². The molecular weight excluding hydrogens is 586 g/mol. The summed E-state index contributed by atoms with van der Waals surface area (Å²) in [5.74, 6) is -2.50. The lowest BCUT2D eigenvalue weighted by Crippen LogP contribution is -2.44. The second kappa shape index (κ2) is 12.8. The fourth-order valence-electron chi connectivity index (χ4n) is 4.54. The largest absolute Gasteiger partial charge is 0.506 e. The zero-order valence-corrected chi connectivity index (χ0v) is 25.2. The van der Waals surface area contributed by atoms with Crippen LogP contribution in [0.1, 0.15) is 29.8 Å². The summed E-state index contributed by atoms with van der Waals surface area (Å²) in [6.45, 7) is 4.81. The molecule has 1 unspecified atom stereocenters. The van der Waals surface area contributed by atoms with Gasteiger partial charge in [-0.3, -0.25) is 24.3 Å². The number of aryl methyl sites for hydroxylation is 1. The van der Waals surface area contributed by atoms with Gasteiger partial charge in [0.2, 0.25) is 15.9 Å². The number of nitrogens with one attached hydrogen (secondary N) is 2. The van der Waals surface area contributed by atoms with Gasteiger partial charge in [-0.2, -0.15) is 5.10 Å². The lowest BCUT2D eigenvalue weighted by atomic mass is 10.0. The topological polar surface area (TPSA) is 185 Å². The molecule has 0 spiro atoms. The number of phenols is 1. The Morgan fingerprint density at radius 1 is 1.02 bits per heavy atom. The van der Waals surface area contributed by atoms with Crippen LogP contribution in [0.15, 0.2) is 79.0 Å². The molecule has 5 aromatic rings. The number of hydrogen-bond acceptors (Lipinski definition) is 8. The Hall–Kier alpha value is -5.43. The lowest BCUT2D eigenvalue weighted by Gasteiger charge is -2.27. The molecule has 4 aromatic carbocycles. The summed E-state index contributed by atoms with van der Waals surface area (Å²) in [5.41, 5.74) is 8.13. The fraction of sp³-hybridized carbons (Fsp3) is 0.161. The molecule has 0 aliphatic carbocycles. The maximum absolute atomic E-state index is 13.0. The number of amides is 2. The third-order valence-electron chi connectivity index (χ3n) is 6.57. The van der Waals surface area contributed by atoms with Gasteiger partial charge in [-0.15, -0.1) is 0 Å². The number of aromatic hydroxyl groups is 1. The number of benzene rings is 4. The van der Waals surface area contributed by atoms with Gasteiger partial charge < -0.3 is 15.6 Å². The molecule has 44 heavy (non-hydrogen) atoms. The number of aromatic nitrogens is 2. The van der Waals surface area contributed by atoms with Crippen LogP contribution < -0.4 is 20.1 Å². The molecule has 0 radical (unpaired) electrons. The average molecular weight is 618 g/mol. The molecule has 0 aliphatic rings. The Balaban J connectivity index is 0.000000369. The van der Waals surface area contributed by atoms with Crippen LogP contribution in [-0.4, -0.2) is 53.8 Å².